The quantitative estimate of drug-likeness (QED) is 0.596. The molecule has 0 saturated carbocycles. The van der Waals surface area contributed by atoms with Gasteiger partial charge in [-0.1, -0.05) is 6.08 Å². The lowest BCUT2D eigenvalue weighted by molar-refractivity contribution is 0.0697. The molecule has 1 aromatic rings. The summed E-state index contributed by atoms with van der Waals surface area (Å²) in [4.78, 5) is 13.1. The summed E-state index contributed by atoms with van der Waals surface area (Å²) in [6.45, 7) is 4.45. The van der Waals surface area contributed by atoms with Crippen LogP contribution in [-0.4, -0.2) is 31.8 Å². The largest absolute Gasteiger partial charge is 0.497 e. The molecule has 0 heterocycles. The van der Waals surface area contributed by atoms with Gasteiger partial charge in [-0.25, -0.2) is 4.79 Å². The predicted octanol–water partition coefficient (Wildman–Crippen LogP) is 2.80. The van der Waals surface area contributed by atoms with Gasteiger partial charge in [0.15, 0.2) is 0 Å². The second-order valence-corrected chi connectivity index (χ2v) is 4.04. The molecule has 4 heteroatoms. The van der Waals surface area contributed by atoms with E-state index in [1.807, 2.05) is 18.0 Å². The van der Waals surface area contributed by atoms with E-state index in [2.05, 4.69) is 6.58 Å². The zero-order valence-electron chi connectivity index (χ0n) is 10.8. The van der Waals surface area contributed by atoms with E-state index in [9.17, 15) is 4.79 Å². The highest BCUT2D eigenvalue weighted by Gasteiger charge is 2.14. The lowest BCUT2D eigenvalue weighted by atomic mass is 10.1. The fraction of sp³-hybridized carbons (Fsp3) is 0.357. The molecule has 1 rings (SSSR count). The van der Waals surface area contributed by atoms with Crippen LogP contribution in [0.25, 0.3) is 0 Å². The summed E-state index contributed by atoms with van der Waals surface area (Å²) in [5.74, 6) is -0.270. The van der Waals surface area contributed by atoms with Gasteiger partial charge in [-0.05, 0) is 25.0 Å². The van der Waals surface area contributed by atoms with E-state index in [1.54, 1.807) is 25.3 Å². The van der Waals surface area contributed by atoms with Gasteiger partial charge >= 0.3 is 5.97 Å². The van der Waals surface area contributed by atoms with Gasteiger partial charge in [0.05, 0.1) is 18.4 Å². The number of carbonyl (C=O) groups is 1. The molecule has 0 aliphatic rings. The molecule has 98 valence electrons. The number of ether oxygens (including phenoxy) is 1. The third kappa shape index (κ3) is 3.52. The molecule has 0 bridgehead atoms. The highest BCUT2D eigenvalue weighted by molar-refractivity contribution is 5.94. The van der Waals surface area contributed by atoms with Crippen LogP contribution in [0.4, 0.5) is 5.69 Å². The number of allylic oxidation sites excluding steroid dienone is 1. The number of carboxylic acid groups (broad SMARTS) is 1. The molecular weight excluding hydrogens is 230 g/mol. The molecular formula is C14H19NO3. The van der Waals surface area contributed by atoms with Gasteiger partial charge in [0, 0.05) is 19.7 Å². The fourth-order valence-corrected chi connectivity index (χ4v) is 1.73. The van der Waals surface area contributed by atoms with Crippen LogP contribution < -0.4 is 9.64 Å². The molecule has 0 spiro atoms. The summed E-state index contributed by atoms with van der Waals surface area (Å²) in [5.41, 5.74) is 0.961. The topological polar surface area (TPSA) is 49.8 Å². The van der Waals surface area contributed by atoms with E-state index in [0.717, 1.165) is 19.4 Å². The van der Waals surface area contributed by atoms with Crippen molar-refractivity contribution in [3.63, 3.8) is 0 Å². The van der Waals surface area contributed by atoms with Crippen LogP contribution >= 0.6 is 0 Å². The van der Waals surface area contributed by atoms with Crippen LogP contribution in [0, 0.1) is 0 Å². The summed E-state index contributed by atoms with van der Waals surface area (Å²) >= 11 is 0. The second-order valence-electron chi connectivity index (χ2n) is 4.04. The van der Waals surface area contributed by atoms with Crippen LogP contribution in [0.5, 0.6) is 5.75 Å². The van der Waals surface area contributed by atoms with Crippen molar-refractivity contribution in [3.8, 4) is 5.75 Å². The number of hydrogen-bond donors (Lipinski definition) is 1. The maximum atomic E-state index is 11.2. The van der Waals surface area contributed by atoms with Crippen molar-refractivity contribution in [3.05, 3.63) is 36.4 Å². The van der Waals surface area contributed by atoms with E-state index < -0.39 is 5.97 Å². The number of methoxy groups -OCH3 is 1. The Morgan fingerprint density at radius 2 is 2.28 bits per heavy atom. The predicted molar refractivity (Wildman–Crippen MR) is 72.7 cm³/mol. The van der Waals surface area contributed by atoms with Crippen molar-refractivity contribution in [2.24, 2.45) is 0 Å². The number of hydrogen-bond acceptors (Lipinski definition) is 3. The molecule has 4 nitrogen and oxygen atoms in total. The minimum absolute atomic E-state index is 0.289. The third-order valence-corrected chi connectivity index (χ3v) is 2.75. The third-order valence-electron chi connectivity index (χ3n) is 2.75. The first-order chi connectivity index (χ1) is 8.60. The maximum absolute atomic E-state index is 11.2. The SMILES string of the molecule is C=CCCCN(C)c1cc(OC)ccc1C(=O)O. The molecule has 0 aliphatic heterocycles. The Hall–Kier alpha value is -1.97. The molecule has 0 fully saturated rings. The summed E-state index contributed by atoms with van der Waals surface area (Å²) in [7, 11) is 3.45. The normalized spacial score (nSPS) is 9.89. The molecule has 18 heavy (non-hydrogen) atoms. The van der Waals surface area contributed by atoms with Gasteiger partial charge in [0.2, 0.25) is 0 Å². The first kappa shape index (κ1) is 14.1. The molecule has 0 unspecified atom stereocenters. The van der Waals surface area contributed by atoms with Gasteiger partial charge < -0.3 is 14.7 Å². The van der Waals surface area contributed by atoms with Crippen molar-refractivity contribution in [2.75, 3.05) is 25.6 Å². The van der Waals surface area contributed by atoms with Crippen molar-refractivity contribution in [1.82, 2.24) is 0 Å². The van der Waals surface area contributed by atoms with Crippen molar-refractivity contribution >= 4 is 11.7 Å². The molecule has 0 aromatic heterocycles. The number of rotatable bonds is 7. The molecule has 0 saturated heterocycles. The fourth-order valence-electron chi connectivity index (χ4n) is 1.73. The Bertz CT molecular complexity index is 429. The van der Waals surface area contributed by atoms with Gasteiger partial charge in [-0.3, -0.25) is 0 Å². The van der Waals surface area contributed by atoms with E-state index >= 15 is 0 Å². The van der Waals surface area contributed by atoms with E-state index in [-0.39, 0.29) is 5.56 Å². The van der Waals surface area contributed by atoms with E-state index in [1.165, 1.54) is 0 Å². The van der Waals surface area contributed by atoms with Crippen LogP contribution in [0.1, 0.15) is 23.2 Å². The van der Waals surface area contributed by atoms with Crippen molar-refractivity contribution in [1.29, 1.82) is 0 Å². The lowest BCUT2D eigenvalue weighted by Crippen LogP contribution is -2.21. The average Bonchev–Trinajstić information content (AvgIpc) is 2.38. The summed E-state index contributed by atoms with van der Waals surface area (Å²) < 4.78 is 5.13. The summed E-state index contributed by atoms with van der Waals surface area (Å²) in [6.07, 6.45) is 3.71. The minimum atomic E-state index is -0.928. The summed E-state index contributed by atoms with van der Waals surface area (Å²) in [5, 5.41) is 9.17. The van der Waals surface area contributed by atoms with Crippen molar-refractivity contribution < 1.29 is 14.6 Å². The van der Waals surface area contributed by atoms with Gasteiger partial charge in [-0.15, -0.1) is 6.58 Å². The van der Waals surface area contributed by atoms with Gasteiger partial charge in [-0.2, -0.15) is 0 Å². The monoisotopic (exact) mass is 249 g/mol. The zero-order chi connectivity index (χ0) is 13.5. The Labute approximate surface area is 107 Å². The lowest BCUT2D eigenvalue weighted by Gasteiger charge is -2.21. The average molecular weight is 249 g/mol. The molecule has 0 aliphatic carbocycles. The molecule has 1 N–H and O–H groups in total. The Morgan fingerprint density at radius 3 is 2.83 bits per heavy atom. The second kappa shape index (κ2) is 6.69. The first-order valence-corrected chi connectivity index (χ1v) is 5.83. The van der Waals surface area contributed by atoms with Gasteiger partial charge in [0.25, 0.3) is 0 Å². The summed E-state index contributed by atoms with van der Waals surface area (Å²) in [6, 6.07) is 4.97. The number of unbranched alkanes of at least 4 members (excludes halogenated alkanes) is 1. The van der Waals surface area contributed by atoms with Crippen LogP contribution in [0.3, 0.4) is 0 Å². The Kier molecular flexibility index (Phi) is 5.24. The van der Waals surface area contributed by atoms with Crippen LogP contribution in [-0.2, 0) is 0 Å². The number of anilines is 1. The minimum Gasteiger partial charge on any atom is -0.497 e. The van der Waals surface area contributed by atoms with Crippen LogP contribution in [0.15, 0.2) is 30.9 Å². The molecule has 0 amide bonds. The molecule has 0 atom stereocenters. The number of carboxylic acids is 1. The highest BCUT2D eigenvalue weighted by Crippen LogP contribution is 2.25. The van der Waals surface area contributed by atoms with E-state index in [4.69, 9.17) is 9.84 Å². The number of nitrogens with zero attached hydrogens (tertiary/aromatic N) is 1. The number of benzene rings is 1. The standard InChI is InChI=1S/C14H19NO3/c1-4-5-6-9-15(2)13-10-11(18-3)7-8-12(13)14(16)17/h4,7-8,10H,1,5-6,9H2,2-3H3,(H,16,17). The van der Waals surface area contributed by atoms with Gasteiger partial charge in [0.1, 0.15) is 5.75 Å². The molecule has 1 aromatic carbocycles. The van der Waals surface area contributed by atoms with Crippen molar-refractivity contribution in [2.45, 2.75) is 12.8 Å². The maximum Gasteiger partial charge on any atom is 0.337 e. The zero-order valence-corrected chi connectivity index (χ0v) is 10.8. The molecule has 0 radical (unpaired) electrons. The Morgan fingerprint density at radius 1 is 1.56 bits per heavy atom. The highest BCUT2D eigenvalue weighted by atomic mass is 16.5. The first-order valence-electron chi connectivity index (χ1n) is 5.83. The smallest absolute Gasteiger partial charge is 0.337 e. The number of aromatic carboxylic acids is 1. The Balaban J connectivity index is 2.95. The van der Waals surface area contributed by atoms with E-state index in [0.29, 0.717) is 11.4 Å². The van der Waals surface area contributed by atoms with Crippen LogP contribution in [0.2, 0.25) is 0 Å².